The van der Waals surface area contributed by atoms with Gasteiger partial charge in [0.2, 0.25) is 0 Å². The van der Waals surface area contributed by atoms with E-state index in [4.69, 9.17) is 27.9 Å². The number of benzene rings is 2. The third-order valence-corrected chi connectivity index (χ3v) is 4.39. The topological polar surface area (TPSA) is 43.4 Å². The van der Waals surface area contributed by atoms with Crippen molar-refractivity contribution in [1.29, 1.82) is 0 Å². The Kier molecular flexibility index (Phi) is 4.58. The summed E-state index contributed by atoms with van der Waals surface area (Å²) in [6, 6.07) is 11.4. The number of hydrogen-bond donors (Lipinski definition) is 0. The van der Waals surface area contributed by atoms with E-state index in [9.17, 15) is 8.42 Å². The molecule has 0 heterocycles. The summed E-state index contributed by atoms with van der Waals surface area (Å²) >= 11 is 11.8. The van der Waals surface area contributed by atoms with Gasteiger partial charge in [0.05, 0.1) is 4.90 Å². The maximum absolute atomic E-state index is 11.5. The third kappa shape index (κ3) is 3.66. The molecule has 6 heteroatoms. The smallest absolute Gasteiger partial charge is 0.175 e. The second-order valence-electron chi connectivity index (χ2n) is 4.24. The molecule has 0 saturated carbocycles. The minimum Gasteiger partial charge on any atom is -0.457 e. The molecule has 3 nitrogen and oxygen atoms in total. The molecule has 0 aliphatic rings. The van der Waals surface area contributed by atoms with Crippen LogP contribution in [0, 0.1) is 0 Å². The Morgan fingerprint density at radius 3 is 2.40 bits per heavy atom. The average Bonchev–Trinajstić information content (AvgIpc) is 2.38. The van der Waals surface area contributed by atoms with Crippen LogP contribution in [0.5, 0.6) is 11.5 Å². The summed E-state index contributed by atoms with van der Waals surface area (Å²) in [6.07, 6.45) is 1.15. The van der Waals surface area contributed by atoms with E-state index in [-0.39, 0.29) is 4.90 Å². The number of hydrogen-bond acceptors (Lipinski definition) is 3. The summed E-state index contributed by atoms with van der Waals surface area (Å²) in [5.74, 6) is 1.28. The molecule has 2 rings (SSSR count). The lowest BCUT2D eigenvalue weighted by atomic mass is 10.2. The highest BCUT2D eigenvalue weighted by atomic mass is 35.5. The number of alkyl halides is 1. The first-order valence-electron chi connectivity index (χ1n) is 5.72. The van der Waals surface area contributed by atoms with Crippen molar-refractivity contribution in [2.45, 2.75) is 10.8 Å². The molecule has 0 saturated heterocycles. The quantitative estimate of drug-likeness (QED) is 0.786. The molecule has 0 unspecified atom stereocenters. The van der Waals surface area contributed by atoms with Crippen molar-refractivity contribution in [2.75, 3.05) is 6.26 Å². The van der Waals surface area contributed by atoms with E-state index in [1.165, 1.54) is 12.1 Å². The molecule has 0 amide bonds. The van der Waals surface area contributed by atoms with E-state index in [0.29, 0.717) is 22.4 Å². The zero-order valence-electron chi connectivity index (χ0n) is 10.6. The predicted octanol–water partition coefficient (Wildman–Crippen LogP) is 4.27. The van der Waals surface area contributed by atoms with Gasteiger partial charge in [0.15, 0.2) is 9.84 Å². The normalized spacial score (nSPS) is 11.3. The van der Waals surface area contributed by atoms with Crippen molar-refractivity contribution in [3.05, 3.63) is 53.1 Å². The molecule has 106 valence electrons. The Morgan fingerprint density at radius 1 is 1.10 bits per heavy atom. The van der Waals surface area contributed by atoms with Crippen molar-refractivity contribution in [1.82, 2.24) is 0 Å². The molecule has 0 atom stereocenters. The van der Waals surface area contributed by atoms with Gasteiger partial charge in [0.25, 0.3) is 0 Å². The third-order valence-electron chi connectivity index (χ3n) is 2.64. The molecule has 2 aromatic carbocycles. The molecule has 0 bridgehead atoms. The first-order chi connectivity index (χ1) is 9.40. The lowest BCUT2D eigenvalue weighted by Gasteiger charge is -2.08. The molecule has 20 heavy (non-hydrogen) atoms. The fourth-order valence-corrected chi connectivity index (χ4v) is 2.80. The molecule has 0 aromatic heterocycles. The van der Waals surface area contributed by atoms with Crippen molar-refractivity contribution in [3.63, 3.8) is 0 Å². The zero-order chi connectivity index (χ0) is 14.8. The maximum Gasteiger partial charge on any atom is 0.175 e. The Balaban J connectivity index is 2.29. The van der Waals surface area contributed by atoms with Gasteiger partial charge in [-0.05, 0) is 35.9 Å². The summed E-state index contributed by atoms with van der Waals surface area (Å²) in [4.78, 5) is 0.207. The molecule has 0 N–H and O–H groups in total. The first-order valence-corrected chi connectivity index (χ1v) is 8.53. The van der Waals surface area contributed by atoms with Crippen LogP contribution < -0.4 is 4.74 Å². The summed E-state index contributed by atoms with van der Waals surface area (Å²) in [7, 11) is -3.26. The van der Waals surface area contributed by atoms with E-state index >= 15 is 0 Å². The second-order valence-corrected chi connectivity index (χ2v) is 6.93. The first kappa shape index (κ1) is 15.2. The SMILES string of the molecule is CS(=O)(=O)c1cccc(Oc2ccc(CCl)c(Cl)c2)c1. The molecule has 0 aliphatic carbocycles. The number of halogens is 2. The minimum absolute atomic E-state index is 0.207. The van der Waals surface area contributed by atoms with E-state index in [0.717, 1.165) is 11.8 Å². The van der Waals surface area contributed by atoms with Gasteiger partial charge in [-0.3, -0.25) is 0 Å². The molecule has 0 spiro atoms. The van der Waals surface area contributed by atoms with Gasteiger partial charge < -0.3 is 4.74 Å². The molecular weight excluding hydrogens is 319 g/mol. The van der Waals surface area contributed by atoms with Gasteiger partial charge in [0.1, 0.15) is 11.5 Å². The van der Waals surface area contributed by atoms with Crippen molar-refractivity contribution in [3.8, 4) is 11.5 Å². The predicted molar refractivity (Wildman–Crippen MR) is 80.6 cm³/mol. The number of rotatable bonds is 4. The van der Waals surface area contributed by atoms with Crippen molar-refractivity contribution < 1.29 is 13.2 Å². The van der Waals surface area contributed by atoms with Crippen LogP contribution >= 0.6 is 23.2 Å². The summed E-state index contributed by atoms with van der Waals surface area (Å²) in [5, 5.41) is 0.511. The Bertz CT molecular complexity index is 727. The van der Waals surface area contributed by atoms with Crippen LogP contribution in [0.3, 0.4) is 0 Å². The Morgan fingerprint density at radius 2 is 1.80 bits per heavy atom. The average molecular weight is 331 g/mol. The van der Waals surface area contributed by atoms with E-state index in [2.05, 4.69) is 0 Å². The van der Waals surface area contributed by atoms with Crippen LogP contribution in [0.2, 0.25) is 5.02 Å². The lowest BCUT2D eigenvalue weighted by Crippen LogP contribution is -1.97. The summed E-state index contributed by atoms with van der Waals surface area (Å²) in [6.45, 7) is 0. The highest BCUT2D eigenvalue weighted by Gasteiger charge is 2.09. The van der Waals surface area contributed by atoms with Gasteiger partial charge in [0, 0.05) is 17.2 Å². The monoisotopic (exact) mass is 330 g/mol. The molecule has 2 aromatic rings. The van der Waals surface area contributed by atoms with Crippen molar-refractivity contribution >= 4 is 33.0 Å². The lowest BCUT2D eigenvalue weighted by molar-refractivity contribution is 0.480. The van der Waals surface area contributed by atoms with E-state index in [1.54, 1.807) is 30.3 Å². The Labute approximate surface area is 128 Å². The minimum atomic E-state index is -3.26. The fraction of sp³-hybridized carbons (Fsp3) is 0.143. The van der Waals surface area contributed by atoms with Gasteiger partial charge in [-0.1, -0.05) is 23.7 Å². The highest BCUT2D eigenvalue weighted by Crippen LogP contribution is 2.28. The highest BCUT2D eigenvalue weighted by molar-refractivity contribution is 7.90. The largest absolute Gasteiger partial charge is 0.457 e. The maximum atomic E-state index is 11.5. The Hall–Kier alpha value is -1.23. The van der Waals surface area contributed by atoms with Crippen LogP contribution in [-0.4, -0.2) is 14.7 Å². The van der Waals surface area contributed by atoms with Crippen LogP contribution in [0.25, 0.3) is 0 Å². The van der Waals surface area contributed by atoms with Crippen LogP contribution in [-0.2, 0) is 15.7 Å². The van der Waals surface area contributed by atoms with E-state index < -0.39 is 9.84 Å². The van der Waals surface area contributed by atoms with Gasteiger partial charge in [-0.15, -0.1) is 11.6 Å². The zero-order valence-corrected chi connectivity index (χ0v) is 13.0. The molecular formula is C14H12Cl2O3S. The number of ether oxygens (including phenoxy) is 1. The van der Waals surface area contributed by atoms with Crippen molar-refractivity contribution in [2.24, 2.45) is 0 Å². The summed E-state index contributed by atoms with van der Waals surface area (Å²) < 4.78 is 28.6. The molecule has 0 radical (unpaired) electrons. The van der Waals surface area contributed by atoms with E-state index in [1.807, 2.05) is 0 Å². The van der Waals surface area contributed by atoms with Crippen LogP contribution in [0.4, 0.5) is 0 Å². The molecule has 0 aliphatic heterocycles. The fourth-order valence-electron chi connectivity index (χ4n) is 1.60. The molecule has 0 fully saturated rings. The standard InChI is InChI=1S/C14H12Cl2O3S/c1-20(17,18)13-4-2-3-11(7-13)19-12-6-5-10(9-15)14(16)8-12/h2-8H,9H2,1H3. The second kappa shape index (κ2) is 6.04. The van der Waals surface area contributed by atoms with Gasteiger partial charge in [-0.25, -0.2) is 8.42 Å². The van der Waals surface area contributed by atoms with Crippen LogP contribution in [0.15, 0.2) is 47.4 Å². The van der Waals surface area contributed by atoms with Gasteiger partial charge in [-0.2, -0.15) is 0 Å². The van der Waals surface area contributed by atoms with Crippen LogP contribution in [0.1, 0.15) is 5.56 Å². The number of sulfone groups is 1. The summed E-state index contributed by atoms with van der Waals surface area (Å²) in [5.41, 5.74) is 0.811. The van der Waals surface area contributed by atoms with Gasteiger partial charge >= 0.3 is 0 Å².